The van der Waals surface area contributed by atoms with Crippen molar-refractivity contribution in [3.05, 3.63) is 29.6 Å². The van der Waals surface area contributed by atoms with Crippen LogP contribution in [0.2, 0.25) is 0 Å². The number of rotatable bonds is 5. The average molecular weight is 279 g/mol. The highest BCUT2D eigenvalue weighted by Crippen LogP contribution is 2.15. The minimum atomic E-state index is -1.37. The van der Waals surface area contributed by atoms with E-state index in [4.69, 9.17) is 10.4 Å². The fourth-order valence-electron chi connectivity index (χ4n) is 1.56. The molecule has 0 fully saturated rings. The minimum Gasteiger partial charge on any atom is -0.478 e. The summed E-state index contributed by atoms with van der Waals surface area (Å²) >= 11 is 0. The van der Waals surface area contributed by atoms with E-state index < -0.39 is 23.4 Å². The van der Waals surface area contributed by atoms with Crippen molar-refractivity contribution in [2.24, 2.45) is 0 Å². The summed E-state index contributed by atoms with van der Waals surface area (Å²) in [6.07, 6.45) is 0.202. The summed E-state index contributed by atoms with van der Waals surface area (Å²) in [4.78, 5) is 23.9. The molecule has 0 atom stereocenters. The molecule has 1 rings (SSSR count). The van der Waals surface area contributed by atoms with Gasteiger partial charge < -0.3 is 15.3 Å². The van der Waals surface area contributed by atoms with Crippen LogP contribution >= 0.6 is 0 Å². The maximum Gasteiger partial charge on any atom is 0.338 e. The van der Waals surface area contributed by atoms with Crippen LogP contribution < -0.4 is 5.32 Å². The van der Waals surface area contributed by atoms with Crippen molar-refractivity contribution in [3.8, 4) is 6.07 Å². The van der Waals surface area contributed by atoms with Gasteiger partial charge in [-0.05, 0) is 25.1 Å². The molecule has 0 aromatic heterocycles. The van der Waals surface area contributed by atoms with Gasteiger partial charge in [-0.15, -0.1) is 0 Å². The first-order valence-electron chi connectivity index (χ1n) is 5.95. The molecule has 0 spiro atoms. The quantitative estimate of drug-likeness (QED) is 0.864. The number of carbonyl (C=O) groups excluding carboxylic acids is 1. The predicted octanol–water partition coefficient (Wildman–Crippen LogP) is 2.29. The van der Waals surface area contributed by atoms with E-state index in [-0.39, 0.29) is 18.7 Å². The second kappa shape index (κ2) is 7.09. The van der Waals surface area contributed by atoms with Gasteiger partial charge in [-0.25, -0.2) is 14.0 Å². The average Bonchev–Trinajstić information content (AvgIpc) is 2.39. The molecule has 0 bridgehead atoms. The molecule has 20 heavy (non-hydrogen) atoms. The van der Waals surface area contributed by atoms with Gasteiger partial charge in [-0.2, -0.15) is 5.26 Å². The lowest BCUT2D eigenvalue weighted by atomic mass is 10.2. The summed E-state index contributed by atoms with van der Waals surface area (Å²) in [5, 5.41) is 19.6. The van der Waals surface area contributed by atoms with Crippen molar-refractivity contribution >= 4 is 17.7 Å². The van der Waals surface area contributed by atoms with Crippen LogP contribution in [0.15, 0.2) is 18.2 Å². The normalized spacial score (nSPS) is 9.65. The summed E-state index contributed by atoms with van der Waals surface area (Å²) < 4.78 is 13.4. The first-order valence-corrected chi connectivity index (χ1v) is 5.95. The number of amides is 2. The highest BCUT2D eigenvalue weighted by molar-refractivity contribution is 5.91. The zero-order valence-electron chi connectivity index (χ0n) is 10.9. The second-order valence-electron chi connectivity index (χ2n) is 3.92. The van der Waals surface area contributed by atoms with Gasteiger partial charge in [0, 0.05) is 18.8 Å². The van der Waals surface area contributed by atoms with Gasteiger partial charge in [0.1, 0.15) is 5.82 Å². The largest absolute Gasteiger partial charge is 0.478 e. The number of nitrogens with zero attached hydrogens (tertiary/aromatic N) is 2. The fourth-order valence-corrected chi connectivity index (χ4v) is 1.56. The molecule has 0 heterocycles. The number of nitrogens with one attached hydrogen (secondary N) is 1. The van der Waals surface area contributed by atoms with E-state index in [2.05, 4.69) is 5.32 Å². The fraction of sp³-hybridized carbons (Fsp3) is 0.308. The summed E-state index contributed by atoms with van der Waals surface area (Å²) in [6, 6.07) is 4.80. The van der Waals surface area contributed by atoms with E-state index >= 15 is 0 Å². The van der Waals surface area contributed by atoms with Crippen molar-refractivity contribution in [3.63, 3.8) is 0 Å². The zero-order valence-corrected chi connectivity index (χ0v) is 10.9. The number of hydrogen-bond donors (Lipinski definition) is 2. The molecule has 2 amide bonds. The molecule has 1 aromatic rings. The van der Waals surface area contributed by atoms with Crippen LogP contribution in [-0.2, 0) is 0 Å². The number of carboxylic acids is 1. The van der Waals surface area contributed by atoms with E-state index in [1.54, 1.807) is 6.92 Å². The van der Waals surface area contributed by atoms with Gasteiger partial charge in [-0.1, -0.05) is 0 Å². The number of carboxylic acid groups (broad SMARTS) is 1. The highest BCUT2D eigenvalue weighted by Gasteiger charge is 2.14. The zero-order chi connectivity index (χ0) is 15.1. The van der Waals surface area contributed by atoms with E-state index in [1.165, 1.54) is 11.0 Å². The SMILES string of the molecule is CCN(CCC#N)C(=O)Nc1ccc(C(=O)O)c(F)c1. The Morgan fingerprint density at radius 2 is 2.20 bits per heavy atom. The Morgan fingerprint density at radius 3 is 2.70 bits per heavy atom. The number of aromatic carboxylic acids is 1. The first kappa shape index (κ1) is 15.4. The summed E-state index contributed by atoms with van der Waals surface area (Å²) in [5.74, 6) is -2.29. The molecule has 1 aromatic carbocycles. The standard InChI is InChI=1S/C13H14FN3O3/c1-2-17(7-3-6-15)13(20)16-9-4-5-10(12(18)19)11(14)8-9/h4-5,8H,2-3,7H2,1H3,(H,16,20)(H,18,19). The molecular formula is C13H14FN3O3. The molecule has 0 saturated heterocycles. The van der Waals surface area contributed by atoms with Crippen molar-refractivity contribution in [1.29, 1.82) is 5.26 Å². The Balaban J connectivity index is 2.78. The van der Waals surface area contributed by atoms with Gasteiger partial charge in [-0.3, -0.25) is 0 Å². The van der Waals surface area contributed by atoms with Crippen LogP contribution in [0.25, 0.3) is 0 Å². The van der Waals surface area contributed by atoms with Gasteiger partial charge in [0.05, 0.1) is 18.1 Å². The van der Waals surface area contributed by atoms with Crippen LogP contribution in [-0.4, -0.2) is 35.1 Å². The number of anilines is 1. The van der Waals surface area contributed by atoms with Gasteiger partial charge in [0.15, 0.2) is 0 Å². The second-order valence-corrected chi connectivity index (χ2v) is 3.92. The van der Waals surface area contributed by atoms with Gasteiger partial charge in [0.2, 0.25) is 0 Å². The third kappa shape index (κ3) is 3.95. The lowest BCUT2D eigenvalue weighted by Crippen LogP contribution is -2.35. The summed E-state index contributed by atoms with van der Waals surface area (Å²) in [5.41, 5.74) is -0.298. The molecule has 0 unspecified atom stereocenters. The lowest BCUT2D eigenvalue weighted by molar-refractivity contribution is 0.0692. The third-order valence-electron chi connectivity index (χ3n) is 2.61. The Kier molecular flexibility index (Phi) is 5.47. The van der Waals surface area contributed by atoms with Crippen LogP contribution in [0.3, 0.4) is 0 Å². The molecule has 0 aliphatic carbocycles. The van der Waals surface area contributed by atoms with E-state index in [9.17, 15) is 14.0 Å². The van der Waals surface area contributed by atoms with Crippen molar-refractivity contribution in [2.75, 3.05) is 18.4 Å². The third-order valence-corrected chi connectivity index (χ3v) is 2.61. The van der Waals surface area contributed by atoms with Crippen LogP contribution in [0, 0.1) is 17.1 Å². The Labute approximate surface area is 115 Å². The van der Waals surface area contributed by atoms with Gasteiger partial charge in [0.25, 0.3) is 0 Å². The molecule has 0 aliphatic rings. The molecular weight excluding hydrogens is 265 g/mol. The van der Waals surface area contributed by atoms with Crippen molar-refractivity contribution in [2.45, 2.75) is 13.3 Å². The minimum absolute atomic E-state index is 0.160. The van der Waals surface area contributed by atoms with Crippen molar-refractivity contribution < 1.29 is 19.1 Å². The van der Waals surface area contributed by atoms with Crippen LogP contribution in [0.4, 0.5) is 14.9 Å². The van der Waals surface area contributed by atoms with Gasteiger partial charge >= 0.3 is 12.0 Å². The molecule has 0 aliphatic heterocycles. The maximum atomic E-state index is 13.4. The molecule has 0 radical (unpaired) electrons. The monoisotopic (exact) mass is 279 g/mol. The number of benzene rings is 1. The lowest BCUT2D eigenvalue weighted by Gasteiger charge is -2.20. The molecule has 106 valence electrons. The van der Waals surface area contributed by atoms with E-state index in [0.29, 0.717) is 6.54 Å². The first-order chi connectivity index (χ1) is 9.49. The highest BCUT2D eigenvalue weighted by atomic mass is 19.1. The topological polar surface area (TPSA) is 93.4 Å². The maximum absolute atomic E-state index is 13.4. The molecule has 0 saturated carbocycles. The van der Waals surface area contributed by atoms with E-state index in [1.807, 2.05) is 6.07 Å². The van der Waals surface area contributed by atoms with E-state index in [0.717, 1.165) is 12.1 Å². The number of urea groups is 1. The number of carbonyl (C=O) groups is 2. The molecule has 7 heteroatoms. The Bertz CT molecular complexity index is 554. The van der Waals surface area contributed by atoms with Crippen LogP contribution in [0.5, 0.6) is 0 Å². The number of halogens is 1. The van der Waals surface area contributed by atoms with Crippen molar-refractivity contribution in [1.82, 2.24) is 4.90 Å². The molecule has 2 N–H and O–H groups in total. The predicted molar refractivity (Wildman–Crippen MR) is 69.9 cm³/mol. The summed E-state index contributed by atoms with van der Waals surface area (Å²) in [6.45, 7) is 2.43. The Hall–Kier alpha value is -2.62. The molecule has 6 nitrogen and oxygen atoms in total. The van der Waals surface area contributed by atoms with Crippen LogP contribution in [0.1, 0.15) is 23.7 Å². The smallest absolute Gasteiger partial charge is 0.338 e. The number of nitriles is 1. The number of hydrogen-bond acceptors (Lipinski definition) is 3. The summed E-state index contributed by atoms with van der Waals surface area (Å²) in [7, 11) is 0. The Morgan fingerprint density at radius 1 is 1.50 bits per heavy atom.